The minimum atomic E-state index is 0.486. The van der Waals surface area contributed by atoms with E-state index < -0.39 is 0 Å². The van der Waals surface area contributed by atoms with Crippen molar-refractivity contribution in [3.05, 3.63) is 27.2 Å². The molecule has 0 saturated carbocycles. The third kappa shape index (κ3) is 4.62. The maximum absolute atomic E-state index is 6.03. The van der Waals surface area contributed by atoms with Crippen LogP contribution in [0, 0.1) is 0 Å². The number of benzene rings is 1. The van der Waals surface area contributed by atoms with Gasteiger partial charge in [0.05, 0.1) is 20.8 Å². The average Bonchev–Trinajstić information content (AvgIpc) is 2.25. The fraction of sp³-hybridized carbons (Fsp3) is 0.455. The Morgan fingerprint density at radius 3 is 2.44 bits per heavy atom. The van der Waals surface area contributed by atoms with E-state index in [0.29, 0.717) is 15.1 Å². The van der Waals surface area contributed by atoms with Gasteiger partial charge in [-0.1, -0.05) is 34.8 Å². The molecule has 0 spiro atoms. The van der Waals surface area contributed by atoms with Gasteiger partial charge in [-0.15, -0.1) is 0 Å². The fourth-order valence-corrected chi connectivity index (χ4v) is 2.36. The molecule has 0 aromatic heterocycles. The molecule has 1 N–H and O–H groups in total. The highest BCUT2D eigenvalue weighted by Gasteiger charge is 2.04. The van der Waals surface area contributed by atoms with Crippen LogP contribution in [0.2, 0.25) is 15.1 Å². The topological polar surface area (TPSA) is 12.0 Å². The lowest BCUT2D eigenvalue weighted by molar-refractivity contribution is 0.843. The predicted octanol–water partition coefficient (Wildman–Crippen LogP) is 5.20. The highest BCUT2D eigenvalue weighted by molar-refractivity contribution is 7.98. The van der Waals surface area contributed by atoms with Crippen molar-refractivity contribution in [2.75, 3.05) is 23.9 Å². The summed E-state index contributed by atoms with van der Waals surface area (Å²) in [5.74, 6) is 1.19. The summed E-state index contributed by atoms with van der Waals surface area (Å²) < 4.78 is 0. The van der Waals surface area contributed by atoms with Gasteiger partial charge in [0.1, 0.15) is 0 Å². The van der Waals surface area contributed by atoms with Crippen LogP contribution in [-0.2, 0) is 0 Å². The molecular weight excluding hydrogens is 285 g/mol. The van der Waals surface area contributed by atoms with Crippen LogP contribution in [0.4, 0.5) is 5.69 Å². The van der Waals surface area contributed by atoms with Crippen LogP contribution in [0.1, 0.15) is 12.8 Å². The first-order valence-corrected chi connectivity index (χ1v) is 7.55. The summed E-state index contributed by atoms with van der Waals surface area (Å²) in [4.78, 5) is 0. The molecule has 0 radical (unpaired) electrons. The largest absolute Gasteiger partial charge is 0.384 e. The first kappa shape index (κ1) is 14.3. The maximum atomic E-state index is 6.03. The van der Waals surface area contributed by atoms with Crippen molar-refractivity contribution >= 4 is 52.3 Å². The lowest BCUT2D eigenvalue weighted by atomic mass is 10.3. The Kier molecular flexibility index (Phi) is 6.74. The molecule has 5 heteroatoms. The van der Waals surface area contributed by atoms with Crippen molar-refractivity contribution in [3.63, 3.8) is 0 Å². The number of rotatable bonds is 6. The molecular formula is C11H14Cl3NS. The highest BCUT2D eigenvalue weighted by Crippen LogP contribution is 2.32. The van der Waals surface area contributed by atoms with E-state index in [-0.39, 0.29) is 0 Å². The molecule has 0 amide bonds. The van der Waals surface area contributed by atoms with Crippen LogP contribution in [-0.4, -0.2) is 18.6 Å². The van der Waals surface area contributed by atoms with Gasteiger partial charge in [0.2, 0.25) is 0 Å². The Balaban J connectivity index is 2.45. The zero-order valence-electron chi connectivity index (χ0n) is 9.03. The molecule has 0 aliphatic carbocycles. The minimum Gasteiger partial charge on any atom is -0.384 e. The molecule has 0 saturated heterocycles. The second-order valence-corrected chi connectivity index (χ2v) is 5.58. The summed E-state index contributed by atoms with van der Waals surface area (Å²) in [5.41, 5.74) is 0.847. The van der Waals surface area contributed by atoms with Crippen molar-refractivity contribution in [1.29, 1.82) is 0 Å². The summed E-state index contributed by atoms with van der Waals surface area (Å²) in [7, 11) is 0. The summed E-state index contributed by atoms with van der Waals surface area (Å²) in [6.45, 7) is 0.901. The summed E-state index contributed by atoms with van der Waals surface area (Å²) in [5, 5.41) is 4.88. The smallest absolute Gasteiger partial charge is 0.0653 e. The zero-order valence-corrected chi connectivity index (χ0v) is 12.1. The molecule has 0 heterocycles. The summed E-state index contributed by atoms with van der Waals surface area (Å²) >= 11 is 19.7. The van der Waals surface area contributed by atoms with Crippen molar-refractivity contribution in [2.24, 2.45) is 0 Å². The highest BCUT2D eigenvalue weighted by atomic mass is 35.5. The van der Waals surface area contributed by atoms with Gasteiger partial charge in [-0.25, -0.2) is 0 Å². The molecule has 1 rings (SSSR count). The molecule has 0 fully saturated rings. The van der Waals surface area contributed by atoms with E-state index in [0.717, 1.165) is 18.7 Å². The molecule has 0 unspecified atom stereocenters. The van der Waals surface area contributed by atoms with Crippen LogP contribution < -0.4 is 5.32 Å². The monoisotopic (exact) mass is 297 g/mol. The number of unbranched alkanes of at least 4 members (excludes halogenated alkanes) is 1. The van der Waals surface area contributed by atoms with Gasteiger partial charge >= 0.3 is 0 Å². The van der Waals surface area contributed by atoms with Gasteiger partial charge in [-0.05, 0) is 37.0 Å². The number of nitrogens with one attached hydrogen (secondary N) is 1. The third-order valence-corrected chi connectivity index (χ3v) is 3.83. The quantitative estimate of drug-likeness (QED) is 0.572. The van der Waals surface area contributed by atoms with E-state index in [1.807, 2.05) is 11.8 Å². The summed E-state index contributed by atoms with van der Waals surface area (Å²) in [6, 6.07) is 3.43. The molecule has 16 heavy (non-hydrogen) atoms. The van der Waals surface area contributed by atoms with Crippen LogP contribution >= 0.6 is 46.6 Å². The number of thioether (sulfide) groups is 1. The number of hydrogen-bond donors (Lipinski definition) is 1. The van der Waals surface area contributed by atoms with Crippen molar-refractivity contribution in [2.45, 2.75) is 12.8 Å². The van der Waals surface area contributed by atoms with E-state index in [1.54, 1.807) is 12.1 Å². The molecule has 0 atom stereocenters. The maximum Gasteiger partial charge on any atom is 0.0653 e. The van der Waals surface area contributed by atoms with E-state index >= 15 is 0 Å². The van der Waals surface area contributed by atoms with Gasteiger partial charge < -0.3 is 5.32 Å². The van der Waals surface area contributed by atoms with Crippen molar-refractivity contribution in [1.82, 2.24) is 0 Å². The standard InChI is InChI=1S/C11H14Cl3NS/c1-16-5-3-2-4-15-11-7-9(13)8(12)6-10(11)14/h6-7,15H,2-5H2,1H3. The van der Waals surface area contributed by atoms with E-state index in [9.17, 15) is 0 Å². The summed E-state index contributed by atoms with van der Waals surface area (Å²) in [6.07, 6.45) is 4.44. The van der Waals surface area contributed by atoms with Crippen molar-refractivity contribution in [3.8, 4) is 0 Å². The number of hydrogen-bond acceptors (Lipinski definition) is 2. The van der Waals surface area contributed by atoms with Crippen LogP contribution in [0.3, 0.4) is 0 Å². The second-order valence-electron chi connectivity index (χ2n) is 3.37. The minimum absolute atomic E-state index is 0.486. The molecule has 0 aliphatic heterocycles. The average molecular weight is 299 g/mol. The van der Waals surface area contributed by atoms with Gasteiger partial charge in [0, 0.05) is 6.54 Å². The Bertz CT molecular complexity index is 344. The predicted molar refractivity (Wildman–Crippen MR) is 77.6 cm³/mol. The third-order valence-electron chi connectivity index (χ3n) is 2.10. The molecule has 1 nitrogen and oxygen atoms in total. The van der Waals surface area contributed by atoms with E-state index in [1.165, 1.54) is 12.2 Å². The number of halogens is 3. The van der Waals surface area contributed by atoms with Crippen molar-refractivity contribution < 1.29 is 0 Å². The first-order valence-electron chi connectivity index (χ1n) is 5.02. The Hall–Kier alpha value is 0.240. The fourth-order valence-electron chi connectivity index (χ4n) is 1.25. The second kappa shape index (κ2) is 7.54. The van der Waals surface area contributed by atoms with Crippen LogP contribution in [0.15, 0.2) is 12.1 Å². The lowest BCUT2D eigenvalue weighted by Gasteiger charge is -2.09. The van der Waals surface area contributed by atoms with Gasteiger partial charge in [0.15, 0.2) is 0 Å². The molecule has 0 bridgehead atoms. The van der Waals surface area contributed by atoms with Gasteiger partial charge in [0.25, 0.3) is 0 Å². The van der Waals surface area contributed by atoms with E-state index in [4.69, 9.17) is 34.8 Å². The van der Waals surface area contributed by atoms with E-state index in [2.05, 4.69) is 11.6 Å². The zero-order chi connectivity index (χ0) is 12.0. The van der Waals surface area contributed by atoms with Crippen LogP contribution in [0.25, 0.3) is 0 Å². The molecule has 1 aromatic carbocycles. The Morgan fingerprint density at radius 2 is 1.75 bits per heavy atom. The molecule has 90 valence electrons. The molecule has 1 aromatic rings. The SMILES string of the molecule is CSCCCCNc1cc(Cl)c(Cl)cc1Cl. The lowest BCUT2D eigenvalue weighted by Crippen LogP contribution is -2.02. The normalized spacial score (nSPS) is 10.5. The first-order chi connectivity index (χ1) is 7.65. The van der Waals surface area contributed by atoms with Gasteiger partial charge in [-0.2, -0.15) is 11.8 Å². The molecule has 0 aliphatic rings. The van der Waals surface area contributed by atoms with Crippen LogP contribution in [0.5, 0.6) is 0 Å². The Morgan fingerprint density at radius 1 is 1.06 bits per heavy atom. The van der Waals surface area contributed by atoms with Gasteiger partial charge in [-0.3, -0.25) is 0 Å². The number of anilines is 1. The Labute approximate surface area is 116 Å².